The summed E-state index contributed by atoms with van der Waals surface area (Å²) >= 11 is 2.69. The van der Waals surface area contributed by atoms with Gasteiger partial charge in [0.15, 0.2) is 0 Å². The molecule has 0 radical (unpaired) electrons. The first-order valence-corrected chi connectivity index (χ1v) is 16.1. The molecular weight excluding hydrogens is 608 g/mol. The van der Waals surface area contributed by atoms with Gasteiger partial charge < -0.3 is 24.0 Å². The van der Waals surface area contributed by atoms with Crippen molar-refractivity contribution in [3.63, 3.8) is 0 Å². The van der Waals surface area contributed by atoms with Gasteiger partial charge in [-0.15, -0.1) is 20.2 Å². The monoisotopic (exact) mass is 646 g/mol. The number of likely N-dealkylation sites (tertiary alicyclic amines) is 1. The van der Waals surface area contributed by atoms with Crippen LogP contribution in [0.25, 0.3) is 0 Å². The van der Waals surface area contributed by atoms with Crippen LogP contribution in [0.3, 0.4) is 0 Å². The Morgan fingerprint density at radius 3 is 2.14 bits per heavy atom. The average Bonchev–Trinajstić information content (AvgIpc) is 3.48. The third-order valence-electron chi connectivity index (χ3n) is 6.27. The second-order valence-electron chi connectivity index (χ2n) is 9.33. The van der Waals surface area contributed by atoms with Gasteiger partial charge in [0.2, 0.25) is 5.91 Å². The summed E-state index contributed by atoms with van der Waals surface area (Å²) in [5.74, 6) is 0.248. The number of benzene rings is 1. The minimum absolute atomic E-state index is 0.0539. The lowest BCUT2D eigenvalue weighted by atomic mass is 10.0. The van der Waals surface area contributed by atoms with Crippen LogP contribution in [-0.2, 0) is 40.0 Å². The minimum Gasteiger partial charge on any atom is -0.464 e. The Labute approximate surface area is 257 Å². The van der Waals surface area contributed by atoms with E-state index in [4.69, 9.17) is 9.47 Å². The van der Waals surface area contributed by atoms with Crippen molar-refractivity contribution >= 4 is 41.4 Å². The van der Waals surface area contributed by atoms with Gasteiger partial charge >= 0.3 is 11.9 Å². The van der Waals surface area contributed by atoms with Gasteiger partial charge in [0.05, 0.1) is 6.04 Å². The molecular formula is C26H38N4O11S2. The largest absolute Gasteiger partial charge is 0.464 e. The Morgan fingerprint density at radius 1 is 0.953 bits per heavy atom. The molecule has 1 fully saturated rings. The van der Waals surface area contributed by atoms with E-state index >= 15 is 0 Å². The molecule has 15 nitrogen and oxygen atoms in total. The number of hydrogen-bond donors (Lipinski definition) is 1. The fourth-order valence-electron chi connectivity index (χ4n) is 4.27. The molecule has 1 aliphatic heterocycles. The van der Waals surface area contributed by atoms with Crippen LogP contribution in [0.1, 0.15) is 31.7 Å². The normalized spacial score (nSPS) is 15.7. The van der Waals surface area contributed by atoms with Gasteiger partial charge in [0.1, 0.15) is 38.5 Å². The van der Waals surface area contributed by atoms with E-state index in [1.165, 1.54) is 28.4 Å². The van der Waals surface area contributed by atoms with Crippen molar-refractivity contribution in [3.8, 4) is 0 Å². The molecule has 0 aliphatic carbocycles. The molecule has 1 saturated heterocycles. The zero-order valence-corrected chi connectivity index (χ0v) is 25.6. The van der Waals surface area contributed by atoms with Gasteiger partial charge in [0.25, 0.3) is 10.2 Å². The smallest absolute Gasteiger partial charge is 0.328 e. The topological polar surface area (TPSA) is 190 Å². The van der Waals surface area contributed by atoms with E-state index < -0.39 is 40.2 Å². The van der Waals surface area contributed by atoms with Crippen molar-refractivity contribution in [1.82, 2.24) is 10.2 Å². The molecule has 0 spiro atoms. The number of rotatable bonds is 22. The predicted molar refractivity (Wildman–Crippen MR) is 158 cm³/mol. The average molecular weight is 647 g/mol. The summed E-state index contributed by atoms with van der Waals surface area (Å²) in [5.41, 5.74) is 1.02. The number of carbonyl (C=O) groups is 3. The Balaban J connectivity index is 1.87. The van der Waals surface area contributed by atoms with Gasteiger partial charge in [-0.25, -0.2) is 4.79 Å². The van der Waals surface area contributed by atoms with Crippen LogP contribution in [0.15, 0.2) is 30.3 Å². The van der Waals surface area contributed by atoms with Gasteiger partial charge in [-0.05, 0) is 38.2 Å². The van der Waals surface area contributed by atoms with Gasteiger partial charge in [-0.3, -0.25) is 14.9 Å². The van der Waals surface area contributed by atoms with E-state index in [-0.39, 0.29) is 32.3 Å². The molecule has 3 atom stereocenters. The summed E-state index contributed by atoms with van der Waals surface area (Å²) in [6.45, 7) is 2.10. The number of aryl methyl sites for hydroxylation is 1. The molecule has 1 heterocycles. The van der Waals surface area contributed by atoms with Crippen molar-refractivity contribution in [2.24, 2.45) is 0 Å². The fraction of sp³-hybridized carbons (Fsp3) is 0.654. The lowest BCUT2D eigenvalue weighted by Crippen LogP contribution is -2.53. The zero-order valence-electron chi connectivity index (χ0n) is 24.0. The van der Waals surface area contributed by atoms with Crippen LogP contribution in [0.4, 0.5) is 0 Å². The first kappa shape index (κ1) is 35.9. The Hall–Kier alpha value is -3.31. The third kappa shape index (κ3) is 14.6. The van der Waals surface area contributed by atoms with Crippen molar-refractivity contribution in [2.75, 3.05) is 56.0 Å². The van der Waals surface area contributed by atoms with Crippen LogP contribution in [-0.4, -0.2) is 107 Å². The molecule has 1 aromatic carbocycles. The molecule has 0 aromatic heterocycles. The second-order valence-corrected chi connectivity index (χ2v) is 11.8. The fourth-order valence-corrected chi connectivity index (χ4v) is 5.46. The van der Waals surface area contributed by atoms with Gasteiger partial charge in [-0.1, -0.05) is 30.3 Å². The Bertz CT molecular complexity index is 1040. The highest BCUT2D eigenvalue weighted by Gasteiger charge is 2.38. The highest BCUT2D eigenvalue weighted by atomic mass is 32.2. The third-order valence-corrected chi connectivity index (χ3v) is 8.09. The minimum atomic E-state index is -0.862. The Kier molecular flexibility index (Phi) is 17.2. The summed E-state index contributed by atoms with van der Waals surface area (Å²) in [7, 11) is 0. The number of nitrogens with one attached hydrogen (secondary N) is 1. The molecule has 1 aliphatic rings. The summed E-state index contributed by atoms with van der Waals surface area (Å²) in [4.78, 5) is 69.4. The molecule has 1 N–H and O–H groups in total. The SMILES string of the molecule is CC(NC(CCc1ccccc1)C(=O)OCCSCCO[N+](=O)[O-])C(=O)N1CCCC1C(=O)OCCSCCO[N+](=O)[O-]. The van der Waals surface area contributed by atoms with Crippen LogP contribution < -0.4 is 5.32 Å². The number of nitrogens with zero attached hydrogens (tertiary/aromatic N) is 3. The molecule has 240 valence electrons. The maximum atomic E-state index is 13.4. The van der Waals surface area contributed by atoms with E-state index in [1.54, 1.807) is 6.92 Å². The standard InChI is InChI=1S/C26H38N4O11S2/c1-20(24(31)28-11-5-8-23(28)26(33)39-13-17-43-19-15-41-30(36)37)27-22(10-9-21-6-3-2-4-7-21)25(32)38-12-16-42-18-14-40-29(34)35/h2-4,6-7,20,22-23,27H,5,8-19H2,1H3. The summed E-state index contributed by atoms with van der Waals surface area (Å²) in [5, 5.41) is 21.8. The molecule has 2 rings (SSSR count). The van der Waals surface area contributed by atoms with Gasteiger partial charge in [0, 0.05) is 29.6 Å². The van der Waals surface area contributed by atoms with Crippen molar-refractivity contribution in [2.45, 2.75) is 50.7 Å². The van der Waals surface area contributed by atoms with E-state index in [2.05, 4.69) is 15.0 Å². The van der Waals surface area contributed by atoms with E-state index in [0.717, 1.165) is 5.56 Å². The number of thioether (sulfide) groups is 2. The van der Waals surface area contributed by atoms with Crippen molar-refractivity contribution in [3.05, 3.63) is 56.1 Å². The molecule has 3 unspecified atom stereocenters. The maximum Gasteiger partial charge on any atom is 0.328 e. The molecule has 43 heavy (non-hydrogen) atoms. The second kappa shape index (κ2) is 20.6. The number of amides is 1. The quantitative estimate of drug-likeness (QED) is 0.0832. The van der Waals surface area contributed by atoms with Crippen LogP contribution in [0.5, 0.6) is 0 Å². The zero-order chi connectivity index (χ0) is 31.5. The van der Waals surface area contributed by atoms with E-state index in [1.807, 2.05) is 30.3 Å². The molecule has 1 aromatic rings. The number of carbonyl (C=O) groups excluding carboxylic acids is 3. The van der Waals surface area contributed by atoms with Crippen LogP contribution in [0, 0.1) is 20.2 Å². The highest BCUT2D eigenvalue weighted by Crippen LogP contribution is 2.20. The number of esters is 2. The lowest BCUT2D eigenvalue weighted by Gasteiger charge is -2.28. The first-order chi connectivity index (χ1) is 20.7. The Morgan fingerprint density at radius 2 is 1.53 bits per heavy atom. The first-order valence-electron chi connectivity index (χ1n) is 13.8. The number of hydrogen-bond acceptors (Lipinski definition) is 14. The summed E-state index contributed by atoms with van der Waals surface area (Å²) < 4.78 is 10.8. The van der Waals surface area contributed by atoms with Crippen LogP contribution in [0.2, 0.25) is 0 Å². The molecule has 0 bridgehead atoms. The summed E-state index contributed by atoms with van der Waals surface area (Å²) in [6.07, 6.45) is 2.04. The van der Waals surface area contributed by atoms with Crippen molar-refractivity contribution in [1.29, 1.82) is 0 Å². The summed E-state index contributed by atoms with van der Waals surface area (Å²) in [6, 6.07) is 7.29. The maximum absolute atomic E-state index is 13.4. The van der Waals surface area contributed by atoms with Crippen molar-refractivity contribution < 1.29 is 43.7 Å². The van der Waals surface area contributed by atoms with E-state index in [9.17, 15) is 34.6 Å². The van der Waals surface area contributed by atoms with E-state index in [0.29, 0.717) is 55.2 Å². The molecule has 17 heteroatoms. The lowest BCUT2D eigenvalue weighted by molar-refractivity contribution is -0.756. The predicted octanol–water partition coefficient (Wildman–Crippen LogP) is 1.93. The molecule has 1 amide bonds. The van der Waals surface area contributed by atoms with Gasteiger partial charge in [-0.2, -0.15) is 23.5 Å². The van der Waals surface area contributed by atoms with Crippen LogP contribution >= 0.6 is 23.5 Å². The molecule has 0 saturated carbocycles. The number of ether oxygens (including phenoxy) is 2. The highest BCUT2D eigenvalue weighted by molar-refractivity contribution is 7.99.